The van der Waals surface area contributed by atoms with E-state index >= 15 is 0 Å². The number of amides is 1. The maximum Gasteiger partial charge on any atom is 0.217 e. The monoisotopic (exact) mass is 262 g/mol. The first kappa shape index (κ1) is 13.7. The highest BCUT2D eigenvalue weighted by molar-refractivity contribution is 5.74. The summed E-state index contributed by atoms with van der Waals surface area (Å²) in [4.78, 5) is 13.1. The maximum absolute atomic E-state index is 13.0. The van der Waals surface area contributed by atoms with Crippen LogP contribution in [0.15, 0.2) is 30.3 Å². The Morgan fingerprint density at radius 1 is 1.53 bits per heavy atom. The molecular formula is C15H19FN2O. The molecule has 2 rings (SSSR count). The summed E-state index contributed by atoms with van der Waals surface area (Å²) in [6.45, 7) is 2.73. The van der Waals surface area contributed by atoms with Gasteiger partial charge in [0.1, 0.15) is 5.82 Å². The first-order chi connectivity index (χ1) is 9.13. The van der Waals surface area contributed by atoms with Crippen LogP contribution in [0.5, 0.6) is 0 Å². The molecule has 1 saturated heterocycles. The van der Waals surface area contributed by atoms with E-state index in [1.165, 1.54) is 12.1 Å². The smallest absolute Gasteiger partial charge is 0.217 e. The number of nitrogens with two attached hydrogens (primary N) is 1. The summed E-state index contributed by atoms with van der Waals surface area (Å²) in [6.07, 6.45) is 5.45. The van der Waals surface area contributed by atoms with Crippen LogP contribution < -0.4 is 5.73 Å². The van der Waals surface area contributed by atoms with Crippen molar-refractivity contribution in [2.24, 2.45) is 11.7 Å². The highest BCUT2D eigenvalue weighted by Gasteiger charge is 2.22. The molecule has 0 spiro atoms. The van der Waals surface area contributed by atoms with E-state index in [4.69, 9.17) is 5.73 Å². The molecule has 0 aromatic heterocycles. The van der Waals surface area contributed by atoms with E-state index in [1.807, 2.05) is 18.2 Å². The van der Waals surface area contributed by atoms with Crippen molar-refractivity contribution in [2.75, 3.05) is 19.6 Å². The van der Waals surface area contributed by atoms with Crippen LogP contribution in [0.1, 0.15) is 18.4 Å². The minimum absolute atomic E-state index is 0.218. The van der Waals surface area contributed by atoms with Crippen molar-refractivity contribution in [1.29, 1.82) is 0 Å². The van der Waals surface area contributed by atoms with Crippen LogP contribution in [0.3, 0.4) is 0 Å². The molecule has 0 saturated carbocycles. The van der Waals surface area contributed by atoms with Crippen LogP contribution in [-0.2, 0) is 4.79 Å². The molecule has 1 aliphatic heterocycles. The lowest BCUT2D eigenvalue weighted by molar-refractivity contribution is -0.118. The van der Waals surface area contributed by atoms with Crippen LogP contribution in [0.4, 0.5) is 4.39 Å². The van der Waals surface area contributed by atoms with Gasteiger partial charge in [-0.1, -0.05) is 24.3 Å². The van der Waals surface area contributed by atoms with E-state index < -0.39 is 0 Å². The Kier molecular flexibility index (Phi) is 4.68. The molecule has 3 nitrogen and oxygen atoms in total. The molecule has 1 amide bonds. The molecule has 1 atom stereocenters. The van der Waals surface area contributed by atoms with Crippen LogP contribution in [0.25, 0.3) is 6.08 Å². The summed E-state index contributed by atoms with van der Waals surface area (Å²) in [5, 5.41) is 0. The molecule has 1 heterocycles. The van der Waals surface area contributed by atoms with E-state index in [0.29, 0.717) is 12.3 Å². The van der Waals surface area contributed by atoms with Gasteiger partial charge in [0.15, 0.2) is 0 Å². The van der Waals surface area contributed by atoms with E-state index in [1.54, 1.807) is 6.07 Å². The van der Waals surface area contributed by atoms with Gasteiger partial charge in [-0.25, -0.2) is 4.39 Å². The molecule has 2 N–H and O–H groups in total. The fraction of sp³-hybridized carbons (Fsp3) is 0.400. The maximum atomic E-state index is 13.0. The Balaban J connectivity index is 1.79. The molecule has 19 heavy (non-hydrogen) atoms. The molecule has 1 unspecified atom stereocenters. The SMILES string of the molecule is NC(=O)CC1CCN(CC=Cc2cccc(F)c2)C1. The number of carbonyl (C=O) groups excluding carboxylic acids is 1. The van der Waals surface area contributed by atoms with Gasteiger partial charge in [-0.2, -0.15) is 0 Å². The Labute approximate surface area is 112 Å². The van der Waals surface area contributed by atoms with Crippen molar-refractivity contribution >= 4 is 12.0 Å². The number of primary amides is 1. The van der Waals surface area contributed by atoms with Crippen molar-refractivity contribution in [1.82, 2.24) is 4.90 Å². The minimum atomic E-state index is -0.220. The molecule has 1 aromatic carbocycles. The van der Waals surface area contributed by atoms with Crippen molar-refractivity contribution in [3.63, 3.8) is 0 Å². The quantitative estimate of drug-likeness (QED) is 0.882. The zero-order chi connectivity index (χ0) is 13.7. The van der Waals surface area contributed by atoms with Gasteiger partial charge >= 0.3 is 0 Å². The summed E-state index contributed by atoms with van der Waals surface area (Å²) < 4.78 is 13.0. The van der Waals surface area contributed by atoms with Gasteiger partial charge in [0.25, 0.3) is 0 Å². The number of hydrogen-bond donors (Lipinski definition) is 1. The van der Waals surface area contributed by atoms with Gasteiger partial charge in [0.05, 0.1) is 0 Å². The third kappa shape index (κ3) is 4.48. The van der Waals surface area contributed by atoms with E-state index in [0.717, 1.165) is 31.6 Å². The zero-order valence-corrected chi connectivity index (χ0v) is 10.9. The molecule has 1 fully saturated rings. The Hall–Kier alpha value is -1.68. The summed E-state index contributed by atoms with van der Waals surface area (Å²) in [5.41, 5.74) is 6.07. The number of hydrogen-bond acceptors (Lipinski definition) is 2. The predicted molar refractivity (Wildman–Crippen MR) is 73.8 cm³/mol. The zero-order valence-electron chi connectivity index (χ0n) is 10.9. The number of benzene rings is 1. The lowest BCUT2D eigenvalue weighted by atomic mass is 10.1. The number of nitrogens with zero attached hydrogens (tertiary/aromatic N) is 1. The fourth-order valence-corrected chi connectivity index (χ4v) is 2.48. The van der Waals surface area contributed by atoms with Gasteiger partial charge in [-0.05, 0) is 36.6 Å². The van der Waals surface area contributed by atoms with Gasteiger partial charge in [-0.3, -0.25) is 9.69 Å². The molecule has 0 bridgehead atoms. The first-order valence-corrected chi connectivity index (χ1v) is 6.56. The van der Waals surface area contributed by atoms with Gasteiger partial charge < -0.3 is 5.73 Å². The van der Waals surface area contributed by atoms with Gasteiger partial charge in [0, 0.05) is 19.5 Å². The highest BCUT2D eigenvalue weighted by Crippen LogP contribution is 2.19. The number of halogens is 1. The van der Waals surface area contributed by atoms with Gasteiger partial charge in [-0.15, -0.1) is 0 Å². The number of carbonyl (C=O) groups is 1. The van der Waals surface area contributed by atoms with Crippen molar-refractivity contribution < 1.29 is 9.18 Å². The second-order valence-corrected chi connectivity index (χ2v) is 5.04. The standard InChI is InChI=1S/C15H19FN2O/c16-14-5-1-3-12(9-14)4-2-7-18-8-6-13(11-18)10-15(17)19/h1-5,9,13H,6-8,10-11H2,(H2,17,19). The molecule has 4 heteroatoms. The fourth-order valence-electron chi connectivity index (χ4n) is 2.48. The number of likely N-dealkylation sites (tertiary alicyclic amines) is 1. The van der Waals surface area contributed by atoms with Crippen molar-refractivity contribution in [3.05, 3.63) is 41.7 Å². The normalized spacial score (nSPS) is 20.2. The lowest BCUT2D eigenvalue weighted by Crippen LogP contribution is -2.22. The molecular weight excluding hydrogens is 243 g/mol. The Morgan fingerprint density at radius 3 is 3.11 bits per heavy atom. The third-order valence-electron chi connectivity index (χ3n) is 3.38. The van der Waals surface area contributed by atoms with E-state index in [-0.39, 0.29) is 11.7 Å². The van der Waals surface area contributed by atoms with Crippen LogP contribution in [0, 0.1) is 11.7 Å². The number of rotatable bonds is 5. The minimum Gasteiger partial charge on any atom is -0.370 e. The van der Waals surface area contributed by atoms with Crippen LogP contribution in [0.2, 0.25) is 0 Å². The second kappa shape index (κ2) is 6.48. The summed E-state index contributed by atoms with van der Waals surface area (Å²) in [5.74, 6) is -0.0490. The van der Waals surface area contributed by atoms with E-state index in [9.17, 15) is 9.18 Å². The summed E-state index contributed by atoms with van der Waals surface area (Å²) in [6, 6.07) is 6.52. The Morgan fingerprint density at radius 2 is 2.37 bits per heavy atom. The van der Waals surface area contributed by atoms with Crippen molar-refractivity contribution in [3.8, 4) is 0 Å². The van der Waals surface area contributed by atoms with Crippen LogP contribution in [-0.4, -0.2) is 30.4 Å². The average molecular weight is 262 g/mol. The average Bonchev–Trinajstić information content (AvgIpc) is 2.76. The van der Waals surface area contributed by atoms with E-state index in [2.05, 4.69) is 4.90 Å². The highest BCUT2D eigenvalue weighted by atomic mass is 19.1. The second-order valence-electron chi connectivity index (χ2n) is 5.04. The van der Waals surface area contributed by atoms with Gasteiger partial charge in [0.2, 0.25) is 5.91 Å². The summed E-state index contributed by atoms with van der Waals surface area (Å²) >= 11 is 0. The topological polar surface area (TPSA) is 46.3 Å². The Bertz CT molecular complexity index is 473. The molecule has 0 aliphatic carbocycles. The molecule has 1 aromatic rings. The molecule has 0 radical (unpaired) electrons. The molecule has 1 aliphatic rings. The first-order valence-electron chi connectivity index (χ1n) is 6.56. The third-order valence-corrected chi connectivity index (χ3v) is 3.38. The molecule has 102 valence electrons. The largest absolute Gasteiger partial charge is 0.370 e. The summed E-state index contributed by atoms with van der Waals surface area (Å²) in [7, 11) is 0. The van der Waals surface area contributed by atoms with Crippen LogP contribution >= 0.6 is 0 Å². The predicted octanol–water partition coefficient (Wildman–Crippen LogP) is 2.04. The lowest BCUT2D eigenvalue weighted by Gasteiger charge is -2.12. The van der Waals surface area contributed by atoms with Crippen molar-refractivity contribution in [2.45, 2.75) is 12.8 Å².